The highest BCUT2D eigenvalue weighted by atomic mass is 19.1. The highest BCUT2D eigenvalue weighted by Gasteiger charge is 2.25. The number of nitrogens with one attached hydrogen (secondary N) is 1. The van der Waals surface area contributed by atoms with Gasteiger partial charge in [-0.05, 0) is 60.7 Å². The molecule has 0 aliphatic carbocycles. The summed E-state index contributed by atoms with van der Waals surface area (Å²) in [5.74, 6) is -0.408. The molecular weight excluding hydrogens is 409 g/mol. The van der Waals surface area contributed by atoms with E-state index in [4.69, 9.17) is 0 Å². The van der Waals surface area contributed by atoms with Crippen LogP contribution in [0.3, 0.4) is 0 Å². The van der Waals surface area contributed by atoms with E-state index in [1.807, 2.05) is 48.3 Å². The summed E-state index contributed by atoms with van der Waals surface area (Å²) >= 11 is 0. The van der Waals surface area contributed by atoms with Gasteiger partial charge in [-0.15, -0.1) is 0 Å². The summed E-state index contributed by atoms with van der Waals surface area (Å²) < 4.78 is 13.0. The number of amides is 3. The second-order valence-electron chi connectivity index (χ2n) is 7.53. The van der Waals surface area contributed by atoms with Gasteiger partial charge in [0.2, 0.25) is 0 Å². The van der Waals surface area contributed by atoms with Crippen molar-refractivity contribution in [3.8, 4) is 0 Å². The molecule has 1 fully saturated rings. The quantitative estimate of drug-likeness (QED) is 0.676. The molecule has 0 bridgehead atoms. The minimum absolute atomic E-state index is 0.0540. The van der Waals surface area contributed by atoms with Gasteiger partial charge >= 0.3 is 6.03 Å². The van der Waals surface area contributed by atoms with E-state index in [1.165, 1.54) is 24.3 Å². The largest absolute Gasteiger partial charge is 0.345 e. The van der Waals surface area contributed by atoms with Crippen LogP contribution in [0.1, 0.15) is 10.4 Å². The fourth-order valence-electron chi connectivity index (χ4n) is 3.58. The van der Waals surface area contributed by atoms with Crippen molar-refractivity contribution in [2.45, 2.75) is 0 Å². The maximum Gasteiger partial charge on any atom is 0.321 e. The number of nitrogens with zero attached hydrogens (tertiary/aromatic N) is 4. The van der Waals surface area contributed by atoms with Gasteiger partial charge in [0.1, 0.15) is 5.82 Å². The number of aromatic nitrogens is 1. The molecular formula is C24H24FN5O2. The highest BCUT2D eigenvalue weighted by molar-refractivity contribution is 5.95. The van der Waals surface area contributed by atoms with Crippen LogP contribution in [0.4, 0.5) is 26.2 Å². The number of hydrogen-bond donors (Lipinski definition) is 1. The van der Waals surface area contributed by atoms with E-state index in [1.54, 1.807) is 22.2 Å². The third kappa shape index (κ3) is 4.85. The molecule has 1 aliphatic rings. The fourth-order valence-corrected chi connectivity index (χ4v) is 3.58. The van der Waals surface area contributed by atoms with E-state index in [2.05, 4.69) is 10.3 Å². The minimum atomic E-state index is -0.354. The van der Waals surface area contributed by atoms with Gasteiger partial charge in [0.25, 0.3) is 5.91 Å². The first kappa shape index (κ1) is 21.3. The molecule has 2 heterocycles. The Morgan fingerprint density at radius 2 is 1.41 bits per heavy atom. The molecule has 7 nitrogen and oxygen atoms in total. The number of urea groups is 1. The average Bonchev–Trinajstić information content (AvgIpc) is 2.85. The Morgan fingerprint density at radius 3 is 2.03 bits per heavy atom. The maximum atomic E-state index is 13.0. The summed E-state index contributed by atoms with van der Waals surface area (Å²) in [5, 5.41) is 2.75. The molecule has 1 aromatic heterocycles. The molecule has 0 spiro atoms. The summed E-state index contributed by atoms with van der Waals surface area (Å²) in [6.45, 7) is 1.77. The molecule has 1 aliphatic heterocycles. The number of hydrogen-bond acceptors (Lipinski definition) is 4. The van der Waals surface area contributed by atoms with Gasteiger partial charge < -0.3 is 20.0 Å². The molecule has 4 rings (SSSR count). The zero-order valence-corrected chi connectivity index (χ0v) is 17.7. The number of rotatable bonds is 4. The van der Waals surface area contributed by atoms with E-state index in [0.29, 0.717) is 37.4 Å². The number of benzene rings is 2. The zero-order valence-electron chi connectivity index (χ0n) is 17.7. The standard InChI is InChI=1S/C24H24FN5O2/c1-28(22-10-12-26-13-11-22)21-8-2-18(3-9-21)23(31)29-14-16-30(17-15-29)24(32)27-20-6-4-19(25)5-7-20/h2-13H,14-17H2,1H3,(H,27,32). The van der Waals surface area contributed by atoms with Gasteiger partial charge in [-0.3, -0.25) is 9.78 Å². The van der Waals surface area contributed by atoms with E-state index < -0.39 is 0 Å². The lowest BCUT2D eigenvalue weighted by molar-refractivity contribution is 0.0671. The normalized spacial score (nSPS) is 13.6. The summed E-state index contributed by atoms with van der Waals surface area (Å²) in [5.41, 5.74) is 3.12. The van der Waals surface area contributed by atoms with E-state index in [9.17, 15) is 14.0 Å². The molecule has 0 saturated carbocycles. The Morgan fingerprint density at radius 1 is 0.844 bits per heavy atom. The van der Waals surface area contributed by atoms with Crippen LogP contribution in [0, 0.1) is 5.82 Å². The first-order valence-corrected chi connectivity index (χ1v) is 10.4. The van der Waals surface area contributed by atoms with E-state index in [-0.39, 0.29) is 17.8 Å². The van der Waals surface area contributed by atoms with Crippen molar-refractivity contribution in [2.24, 2.45) is 0 Å². The molecule has 0 radical (unpaired) electrons. The summed E-state index contributed by atoms with van der Waals surface area (Å²) in [6.07, 6.45) is 3.48. The Labute approximate surface area is 186 Å². The maximum absolute atomic E-state index is 13.0. The molecule has 164 valence electrons. The SMILES string of the molecule is CN(c1ccncc1)c1ccc(C(=O)N2CCN(C(=O)Nc3ccc(F)cc3)CC2)cc1. The molecule has 1 N–H and O–H groups in total. The lowest BCUT2D eigenvalue weighted by atomic mass is 10.1. The highest BCUT2D eigenvalue weighted by Crippen LogP contribution is 2.23. The molecule has 3 aromatic rings. The van der Waals surface area contributed by atoms with Gasteiger partial charge in [-0.2, -0.15) is 0 Å². The van der Waals surface area contributed by atoms with Crippen LogP contribution in [0.25, 0.3) is 0 Å². The molecule has 0 atom stereocenters. The van der Waals surface area contributed by atoms with Gasteiger partial charge in [0.15, 0.2) is 0 Å². The smallest absolute Gasteiger partial charge is 0.321 e. The number of piperazine rings is 1. The van der Waals surface area contributed by atoms with Gasteiger partial charge in [-0.25, -0.2) is 9.18 Å². The van der Waals surface area contributed by atoms with Crippen molar-refractivity contribution in [3.05, 3.63) is 84.4 Å². The lowest BCUT2D eigenvalue weighted by Gasteiger charge is -2.34. The topological polar surface area (TPSA) is 68.8 Å². The molecule has 32 heavy (non-hydrogen) atoms. The Hall–Kier alpha value is -3.94. The second kappa shape index (κ2) is 9.47. The number of carbonyl (C=O) groups is 2. The van der Waals surface area contributed by atoms with E-state index >= 15 is 0 Å². The van der Waals surface area contributed by atoms with Crippen LogP contribution >= 0.6 is 0 Å². The predicted molar refractivity (Wildman–Crippen MR) is 122 cm³/mol. The first-order valence-electron chi connectivity index (χ1n) is 10.4. The average molecular weight is 433 g/mol. The van der Waals surface area contributed by atoms with Crippen LogP contribution < -0.4 is 10.2 Å². The van der Waals surface area contributed by atoms with Crippen molar-refractivity contribution < 1.29 is 14.0 Å². The first-order chi connectivity index (χ1) is 15.5. The van der Waals surface area contributed by atoms with Crippen LogP contribution in [0.5, 0.6) is 0 Å². The van der Waals surface area contributed by atoms with Crippen LogP contribution in [-0.2, 0) is 0 Å². The fraction of sp³-hybridized carbons (Fsp3) is 0.208. The minimum Gasteiger partial charge on any atom is -0.345 e. The van der Waals surface area contributed by atoms with Gasteiger partial charge in [0, 0.05) is 68.2 Å². The Bertz CT molecular complexity index is 1070. The molecule has 8 heteroatoms. The third-order valence-electron chi connectivity index (χ3n) is 5.50. The lowest BCUT2D eigenvalue weighted by Crippen LogP contribution is -2.51. The second-order valence-corrected chi connectivity index (χ2v) is 7.53. The van der Waals surface area contributed by atoms with Gasteiger partial charge in [0.05, 0.1) is 0 Å². The molecule has 2 aromatic carbocycles. The summed E-state index contributed by atoms with van der Waals surface area (Å²) in [7, 11) is 1.96. The molecule has 3 amide bonds. The number of halogens is 1. The Balaban J connectivity index is 1.32. The van der Waals surface area contributed by atoms with Crippen molar-refractivity contribution in [2.75, 3.05) is 43.4 Å². The predicted octanol–water partition coefficient (Wildman–Crippen LogP) is 3.98. The van der Waals surface area contributed by atoms with E-state index in [0.717, 1.165) is 11.4 Å². The van der Waals surface area contributed by atoms with Gasteiger partial charge in [-0.1, -0.05) is 0 Å². The monoisotopic (exact) mass is 433 g/mol. The molecule has 1 saturated heterocycles. The van der Waals surface area contributed by atoms with Crippen molar-refractivity contribution in [3.63, 3.8) is 0 Å². The number of carbonyl (C=O) groups excluding carboxylic acids is 2. The van der Waals surface area contributed by atoms with Crippen LogP contribution in [0.15, 0.2) is 73.1 Å². The summed E-state index contributed by atoms with van der Waals surface area (Å²) in [6, 6.07) is 16.7. The van der Waals surface area contributed by atoms with Crippen molar-refractivity contribution in [1.82, 2.24) is 14.8 Å². The number of pyridine rings is 1. The zero-order chi connectivity index (χ0) is 22.5. The third-order valence-corrected chi connectivity index (χ3v) is 5.50. The number of anilines is 3. The van der Waals surface area contributed by atoms with Crippen LogP contribution in [-0.4, -0.2) is 59.9 Å². The van der Waals surface area contributed by atoms with Crippen molar-refractivity contribution >= 4 is 29.0 Å². The Kier molecular flexibility index (Phi) is 6.30. The molecule has 0 unspecified atom stereocenters. The van der Waals surface area contributed by atoms with Crippen molar-refractivity contribution in [1.29, 1.82) is 0 Å². The van der Waals surface area contributed by atoms with Crippen LogP contribution in [0.2, 0.25) is 0 Å². The summed E-state index contributed by atoms with van der Waals surface area (Å²) in [4.78, 5) is 34.8.